The van der Waals surface area contributed by atoms with E-state index in [0.29, 0.717) is 23.5 Å². The molecule has 110 valence electrons. The van der Waals surface area contributed by atoms with Crippen molar-refractivity contribution in [1.29, 1.82) is 0 Å². The van der Waals surface area contributed by atoms with Crippen molar-refractivity contribution >= 4 is 34.5 Å². The molecule has 4 nitrogen and oxygen atoms in total. The molecule has 1 heterocycles. The Bertz CT molecular complexity index is 484. The number of β-amino-alcohol motifs (C(OH)–C–C–N with tert-alkyl or cyclic N) is 1. The molecule has 1 aromatic carbocycles. The Hall–Kier alpha value is -0.560. The zero-order valence-corrected chi connectivity index (χ0v) is 13.7. The standard InChI is InChI=1S/C14H19BrN2O2S/c15-11-2-3-12(13(20)10-11)14(19)17-5-1-4-16(6-7-17)8-9-18/h2-3,10,18,20H,1,4-9H2. The van der Waals surface area contributed by atoms with Crippen LogP contribution in [0.2, 0.25) is 0 Å². The number of halogens is 1. The minimum Gasteiger partial charge on any atom is -0.395 e. The quantitative estimate of drug-likeness (QED) is 0.810. The van der Waals surface area contributed by atoms with E-state index in [9.17, 15) is 4.79 Å². The lowest BCUT2D eigenvalue weighted by Gasteiger charge is -2.22. The smallest absolute Gasteiger partial charge is 0.255 e. The molecule has 0 aromatic heterocycles. The molecule has 1 amide bonds. The number of hydrogen-bond acceptors (Lipinski definition) is 4. The normalized spacial score (nSPS) is 17.1. The Morgan fingerprint density at radius 3 is 2.80 bits per heavy atom. The fourth-order valence-electron chi connectivity index (χ4n) is 2.40. The van der Waals surface area contributed by atoms with Gasteiger partial charge < -0.3 is 10.0 Å². The van der Waals surface area contributed by atoms with Crippen LogP contribution in [-0.4, -0.2) is 60.1 Å². The summed E-state index contributed by atoms with van der Waals surface area (Å²) in [4.78, 5) is 17.3. The minimum absolute atomic E-state index is 0.0355. The van der Waals surface area contributed by atoms with E-state index in [-0.39, 0.29) is 12.5 Å². The molecule has 1 saturated heterocycles. The molecule has 6 heteroatoms. The summed E-state index contributed by atoms with van der Waals surface area (Å²) >= 11 is 7.76. The summed E-state index contributed by atoms with van der Waals surface area (Å²) in [6, 6.07) is 5.51. The van der Waals surface area contributed by atoms with Crippen LogP contribution in [0.3, 0.4) is 0 Å². The van der Waals surface area contributed by atoms with Crippen LogP contribution in [0.15, 0.2) is 27.6 Å². The van der Waals surface area contributed by atoms with Gasteiger partial charge in [0.15, 0.2) is 0 Å². The molecule has 0 radical (unpaired) electrons. The lowest BCUT2D eigenvalue weighted by Crippen LogP contribution is -2.36. The van der Waals surface area contributed by atoms with Crippen LogP contribution in [0.4, 0.5) is 0 Å². The molecular formula is C14H19BrN2O2S. The number of hydrogen-bond donors (Lipinski definition) is 2. The first-order valence-corrected chi connectivity index (χ1v) is 7.97. The highest BCUT2D eigenvalue weighted by atomic mass is 79.9. The summed E-state index contributed by atoms with van der Waals surface area (Å²) in [5, 5.41) is 8.99. The predicted octanol–water partition coefficient (Wildman–Crippen LogP) is 1.88. The van der Waals surface area contributed by atoms with Crippen LogP contribution in [0.1, 0.15) is 16.8 Å². The number of amides is 1. The molecule has 0 unspecified atom stereocenters. The van der Waals surface area contributed by atoms with E-state index in [1.54, 1.807) is 0 Å². The Balaban J connectivity index is 2.05. The molecule has 1 aliphatic rings. The lowest BCUT2D eigenvalue weighted by atomic mass is 10.2. The summed E-state index contributed by atoms with van der Waals surface area (Å²) in [5.41, 5.74) is 0.646. The number of benzene rings is 1. The van der Waals surface area contributed by atoms with Gasteiger partial charge in [0.25, 0.3) is 5.91 Å². The van der Waals surface area contributed by atoms with Gasteiger partial charge in [-0.25, -0.2) is 0 Å². The maximum Gasteiger partial charge on any atom is 0.255 e. The highest BCUT2D eigenvalue weighted by Gasteiger charge is 2.21. The van der Waals surface area contributed by atoms with Crippen molar-refractivity contribution in [2.45, 2.75) is 11.3 Å². The van der Waals surface area contributed by atoms with Crippen molar-refractivity contribution in [1.82, 2.24) is 9.80 Å². The van der Waals surface area contributed by atoms with Crippen molar-refractivity contribution < 1.29 is 9.90 Å². The highest BCUT2D eigenvalue weighted by Crippen LogP contribution is 2.21. The minimum atomic E-state index is 0.0355. The summed E-state index contributed by atoms with van der Waals surface area (Å²) in [6.45, 7) is 4.04. The van der Waals surface area contributed by atoms with E-state index in [2.05, 4.69) is 33.5 Å². The lowest BCUT2D eigenvalue weighted by molar-refractivity contribution is 0.0757. The second kappa shape index (κ2) is 7.45. The Morgan fingerprint density at radius 2 is 2.10 bits per heavy atom. The van der Waals surface area contributed by atoms with E-state index < -0.39 is 0 Å². The zero-order chi connectivity index (χ0) is 14.5. The second-order valence-corrected chi connectivity index (χ2v) is 6.27. The number of carbonyl (C=O) groups excluding carboxylic acids is 1. The molecule has 1 aliphatic heterocycles. The first-order valence-electron chi connectivity index (χ1n) is 6.73. The topological polar surface area (TPSA) is 43.8 Å². The largest absolute Gasteiger partial charge is 0.395 e. The van der Waals surface area contributed by atoms with Gasteiger partial charge in [-0.05, 0) is 31.2 Å². The summed E-state index contributed by atoms with van der Waals surface area (Å²) in [6.07, 6.45) is 0.935. The van der Waals surface area contributed by atoms with E-state index in [1.807, 2.05) is 23.1 Å². The number of aliphatic hydroxyl groups excluding tert-OH is 1. The first-order chi connectivity index (χ1) is 9.61. The molecule has 0 atom stereocenters. The molecule has 0 spiro atoms. The van der Waals surface area contributed by atoms with Crippen molar-refractivity contribution in [3.63, 3.8) is 0 Å². The number of thiol groups is 1. The van der Waals surface area contributed by atoms with Crippen LogP contribution in [0, 0.1) is 0 Å². The SMILES string of the molecule is O=C(c1ccc(Br)cc1S)N1CCCN(CCO)CC1. The van der Waals surface area contributed by atoms with Crippen LogP contribution >= 0.6 is 28.6 Å². The average molecular weight is 359 g/mol. The second-order valence-electron chi connectivity index (χ2n) is 4.87. The fourth-order valence-corrected chi connectivity index (χ4v) is 3.24. The molecule has 1 aromatic rings. The molecular weight excluding hydrogens is 340 g/mol. The van der Waals surface area contributed by atoms with Crippen molar-refractivity contribution in [3.05, 3.63) is 28.2 Å². The van der Waals surface area contributed by atoms with Crippen molar-refractivity contribution in [2.75, 3.05) is 39.3 Å². The number of carbonyl (C=O) groups is 1. The van der Waals surface area contributed by atoms with E-state index in [4.69, 9.17) is 5.11 Å². The van der Waals surface area contributed by atoms with Gasteiger partial charge in [0.05, 0.1) is 12.2 Å². The van der Waals surface area contributed by atoms with Gasteiger partial charge in [-0.1, -0.05) is 15.9 Å². The summed E-state index contributed by atoms with van der Waals surface area (Å²) in [7, 11) is 0. The van der Waals surface area contributed by atoms with Gasteiger partial charge in [-0.2, -0.15) is 0 Å². The van der Waals surface area contributed by atoms with Gasteiger partial charge in [0, 0.05) is 35.5 Å². The summed E-state index contributed by atoms with van der Waals surface area (Å²) < 4.78 is 0.920. The molecule has 20 heavy (non-hydrogen) atoms. The third-order valence-electron chi connectivity index (χ3n) is 3.48. The van der Waals surface area contributed by atoms with Crippen molar-refractivity contribution in [3.8, 4) is 0 Å². The highest BCUT2D eigenvalue weighted by molar-refractivity contribution is 9.10. The van der Waals surface area contributed by atoms with Crippen LogP contribution < -0.4 is 0 Å². The number of aliphatic hydroxyl groups is 1. The van der Waals surface area contributed by atoms with Gasteiger partial charge in [0.2, 0.25) is 0 Å². The van der Waals surface area contributed by atoms with Crippen molar-refractivity contribution in [2.24, 2.45) is 0 Å². The third-order valence-corrected chi connectivity index (χ3v) is 4.35. The zero-order valence-electron chi connectivity index (χ0n) is 11.3. The van der Waals surface area contributed by atoms with Gasteiger partial charge in [-0.15, -0.1) is 12.6 Å². The Labute approximate surface area is 133 Å². The van der Waals surface area contributed by atoms with Crippen LogP contribution in [-0.2, 0) is 0 Å². The maximum absolute atomic E-state index is 12.5. The van der Waals surface area contributed by atoms with Gasteiger partial charge in [0.1, 0.15) is 0 Å². The van der Waals surface area contributed by atoms with Gasteiger partial charge >= 0.3 is 0 Å². The number of nitrogens with zero attached hydrogens (tertiary/aromatic N) is 2. The molecule has 1 fully saturated rings. The molecule has 0 bridgehead atoms. The van der Waals surface area contributed by atoms with E-state index in [1.165, 1.54) is 0 Å². The molecule has 0 aliphatic carbocycles. The van der Waals surface area contributed by atoms with Crippen LogP contribution in [0.5, 0.6) is 0 Å². The summed E-state index contributed by atoms with van der Waals surface area (Å²) in [5.74, 6) is 0.0355. The van der Waals surface area contributed by atoms with Crippen LogP contribution in [0.25, 0.3) is 0 Å². The molecule has 1 N–H and O–H groups in total. The first kappa shape index (κ1) is 15.8. The van der Waals surface area contributed by atoms with E-state index >= 15 is 0 Å². The van der Waals surface area contributed by atoms with E-state index in [0.717, 1.165) is 30.5 Å². The van der Waals surface area contributed by atoms with Gasteiger partial charge in [-0.3, -0.25) is 9.69 Å². The predicted molar refractivity (Wildman–Crippen MR) is 85.4 cm³/mol. The fraction of sp³-hybridized carbons (Fsp3) is 0.500. The monoisotopic (exact) mass is 358 g/mol. The Kier molecular flexibility index (Phi) is 5.89. The third kappa shape index (κ3) is 3.97. The maximum atomic E-state index is 12.5. The average Bonchev–Trinajstić information content (AvgIpc) is 2.64. The Morgan fingerprint density at radius 1 is 1.30 bits per heavy atom. The molecule has 2 rings (SSSR count). The molecule has 0 saturated carbocycles. The number of rotatable bonds is 3.